The molecule has 0 saturated carbocycles. The molecule has 1 unspecified atom stereocenters. The van der Waals surface area contributed by atoms with Gasteiger partial charge in [0, 0.05) is 25.7 Å². The molecule has 154 valence electrons. The molecule has 0 bridgehead atoms. The Morgan fingerprint density at radius 1 is 1.18 bits per heavy atom. The van der Waals surface area contributed by atoms with E-state index < -0.39 is 6.10 Å². The molecule has 2 heterocycles. The molecule has 0 radical (unpaired) electrons. The van der Waals surface area contributed by atoms with E-state index in [0.29, 0.717) is 19.2 Å². The predicted molar refractivity (Wildman–Crippen MR) is 112 cm³/mol. The Bertz CT molecular complexity index is 684. The summed E-state index contributed by atoms with van der Waals surface area (Å²) >= 11 is 0. The number of ether oxygens (including phenoxy) is 1. The van der Waals surface area contributed by atoms with Crippen molar-refractivity contribution in [1.29, 1.82) is 0 Å². The fourth-order valence-corrected chi connectivity index (χ4v) is 3.52. The molecule has 2 N–H and O–H groups in total. The van der Waals surface area contributed by atoms with E-state index in [0.717, 1.165) is 44.0 Å². The monoisotopic (exact) mass is 386 g/mol. The van der Waals surface area contributed by atoms with E-state index in [1.165, 1.54) is 5.56 Å². The first-order valence-electron chi connectivity index (χ1n) is 10.3. The number of likely N-dealkylation sites (tertiary alicyclic amines) is 1. The lowest BCUT2D eigenvalue weighted by Crippen LogP contribution is -2.45. The average Bonchev–Trinajstić information content (AvgIpc) is 3.18. The van der Waals surface area contributed by atoms with Gasteiger partial charge in [0.2, 0.25) is 0 Å². The average molecular weight is 387 g/mol. The van der Waals surface area contributed by atoms with Gasteiger partial charge in [-0.25, -0.2) is 0 Å². The van der Waals surface area contributed by atoms with Crippen molar-refractivity contribution in [2.45, 2.75) is 57.7 Å². The smallest absolute Gasteiger partial charge is 0.119 e. The van der Waals surface area contributed by atoms with Crippen molar-refractivity contribution in [1.82, 2.24) is 10.2 Å². The Kier molecular flexibility index (Phi) is 7.16. The van der Waals surface area contributed by atoms with E-state index >= 15 is 0 Å². The van der Waals surface area contributed by atoms with Gasteiger partial charge < -0.3 is 19.6 Å². The molecule has 28 heavy (non-hydrogen) atoms. The molecule has 0 spiro atoms. The van der Waals surface area contributed by atoms with E-state index in [1.807, 2.05) is 24.3 Å². The molecule has 1 atom stereocenters. The summed E-state index contributed by atoms with van der Waals surface area (Å²) in [5.74, 6) is 1.83. The summed E-state index contributed by atoms with van der Waals surface area (Å²) in [4.78, 5) is 2.41. The molecule has 0 aliphatic carbocycles. The van der Waals surface area contributed by atoms with E-state index in [-0.39, 0.29) is 5.41 Å². The fraction of sp³-hybridized carbons (Fsp3) is 0.565. The third-order valence-corrected chi connectivity index (χ3v) is 5.35. The number of nitrogens with one attached hydrogen (secondary N) is 1. The normalized spacial score (nSPS) is 17.6. The number of nitrogens with zero attached hydrogens (tertiary/aromatic N) is 1. The molecular weight excluding hydrogens is 352 g/mol. The molecule has 1 aliphatic rings. The van der Waals surface area contributed by atoms with Crippen LogP contribution in [0.25, 0.3) is 0 Å². The minimum Gasteiger partial charge on any atom is -0.491 e. The first-order valence-corrected chi connectivity index (χ1v) is 10.3. The highest BCUT2D eigenvalue weighted by molar-refractivity contribution is 5.31. The fourth-order valence-electron chi connectivity index (χ4n) is 3.52. The highest BCUT2D eigenvalue weighted by Crippen LogP contribution is 2.24. The van der Waals surface area contributed by atoms with Gasteiger partial charge in [0.1, 0.15) is 24.2 Å². The van der Waals surface area contributed by atoms with Crippen molar-refractivity contribution in [2.24, 2.45) is 0 Å². The first kappa shape index (κ1) is 20.9. The quantitative estimate of drug-likeness (QED) is 0.726. The third-order valence-electron chi connectivity index (χ3n) is 5.35. The minimum absolute atomic E-state index is 0.134. The standard InChI is InChI=1S/C23H34N2O3/c1-23(2,3)18-6-8-21(9-7-18)28-17-20(26)15-24-19-10-12-25(13-11-19)16-22-5-4-14-27-22/h4-9,14,19-20,24,26H,10-13,15-17H2,1-3H3. The molecule has 0 amide bonds. The van der Waals surface area contributed by atoms with Crippen molar-refractivity contribution in [3.8, 4) is 5.75 Å². The Balaban J connectivity index is 1.32. The van der Waals surface area contributed by atoms with Crippen LogP contribution in [0.3, 0.4) is 0 Å². The van der Waals surface area contributed by atoms with Gasteiger partial charge in [-0.2, -0.15) is 0 Å². The zero-order valence-electron chi connectivity index (χ0n) is 17.4. The molecule has 5 heteroatoms. The lowest BCUT2D eigenvalue weighted by atomic mass is 9.87. The third kappa shape index (κ3) is 6.36. The van der Waals surface area contributed by atoms with E-state index in [4.69, 9.17) is 9.15 Å². The van der Waals surface area contributed by atoms with Gasteiger partial charge >= 0.3 is 0 Å². The van der Waals surface area contributed by atoms with Gasteiger partial charge in [-0.3, -0.25) is 4.90 Å². The summed E-state index contributed by atoms with van der Waals surface area (Å²) in [7, 11) is 0. The summed E-state index contributed by atoms with van der Waals surface area (Å²) in [5, 5.41) is 13.7. The molecule has 1 aromatic heterocycles. The largest absolute Gasteiger partial charge is 0.491 e. The number of aliphatic hydroxyl groups is 1. The SMILES string of the molecule is CC(C)(C)c1ccc(OCC(O)CNC2CCN(Cc3ccco3)CC2)cc1. The zero-order valence-corrected chi connectivity index (χ0v) is 17.4. The second-order valence-electron chi connectivity index (χ2n) is 8.78. The molecular formula is C23H34N2O3. The maximum atomic E-state index is 10.2. The minimum atomic E-state index is -0.511. The maximum Gasteiger partial charge on any atom is 0.119 e. The van der Waals surface area contributed by atoms with Gasteiger partial charge in [-0.15, -0.1) is 0 Å². The number of aliphatic hydroxyl groups excluding tert-OH is 1. The topological polar surface area (TPSA) is 57.9 Å². The molecule has 1 aromatic carbocycles. The van der Waals surface area contributed by atoms with Crippen molar-refractivity contribution in [3.05, 3.63) is 54.0 Å². The second kappa shape index (κ2) is 9.59. The Morgan fingerprint density at radius 2 is 1.89 bits per heavy atom. The van der Waals surface area contributed by atoms with Gasteiger partial charge in [0.15, 0.2) is 0 Å². The number of hydrogen-bond donors (Lipinski definition) is 2. The van der Waals surface area contributed by atoms with Crippen LogP contribution in [0.1, 0.15) is 44.9 Å². The van der Waals surface area contributed by atoms with E-state index in [1.54, 1.807) is 6.26 Å². The van der Waals surface area contributed by atoms with Crippen molar-refractivity contribution < 1.29 is 14.3 Å². The van der Waals surface area contributed by atoms with E-state index in [9.17, 15) is 5.11 Å². The summed E-state index contributed by atoms with van der Waals surface area (Å²) in [6, 6.07) is 12.6. The van der Waals surface area contributed by atoms with Crippen molar-refractivity contribution in [3.63, 3.8) is 0 Å². The van der Waals surface area contributed by atoms with Crippen LogP contribution in [0.4, 0.5) is 0 Å². The molecule has 1 saturated heterocycles. The highest BCUT2D eigenvalue weighted by atomic mass is 16.5. The van der Waals surface area contributed by atoms with Crippen LogP contribution in [0.15, 0.2) is 47.1 Å². The molecule has 5 nitrogen and oxygen atoms in total. The second-order valence-corrected chi connectivity index (χ2v) is 8.78. The van der Waals surface area contributed by atoms with Crippen LogP contribution in [0.2, 0.25) is 0 Å². The molecule has 1 aliphatic heterocycles. The van der Waals surface area contributed by atoms with Gasteiger partial charge in [0.05, 0.1) is 12.8 Å². The summed E-state index contributed by atoms with van der Waals surface area (Å²) in [5.41, 5.74) is 1.41. The maximum absolute atomic E-state index is 10.2. The summed E-state index contributed by atoms with van der Waals surface area (Å²) in [6.07, 6.45) is 3.39. The van der Waals surface area contributed by atoms with Crippen LogP contribution in [0, 0.1) is 0 Å². The van der Waals surface area contributed by atoms with Crippen LogP contribution in [0.5, 0.6) is 5.75 Å². The zero-order chi connectivity index (χ0) is 20.0. The molecule has 2 aromatic rings. The lowest BCUT2D eigenvalue weighted by Gasteiger charge is -2.32. The van der Waals surface area contributed by atoms with Crippen molar-refractivity contribution >= 4 is 0 Å². The van der Waals surface area contributed by atoms with Gasteiger partial charge in [0.25, 0.3) is 0 Å². The molecule has 3 rings (SSSR count). The highest BCUT2D eigenvalue weighted by Gasteiger charge is 2.20. The lowest BCUT2D eigenvalue weighted by molar-refractivity contribution is 0.0974. The number of hydrogen-bond acceptors (Lipinski definition) is 5. The van der Waals surface area contributed by atoms with Crippen LogP contribution in [-0.2, 0) is 12.0 Å². The van der Waals surface area contributed by atoms with Crippen LogP contribution >= 0.6 is 0 Å². The van der Waals surface area contributed by atoms with E-state index in [2.05, 4.69) is 43.1 Å². The predicted octanol–water partition coefficient (Wildman–Crippen LogP) is 3.57. The number of piperidine rings is 1. The molecule has 1 fully saturated rings. The first-order chi connectivity index (χ1) is 13.4. The Hall–Kier alpha value is -1.82. The Labute approximate surface area is 168 Å². The van der Waals surface area contributed by atoms with Gasteiger partial charge in [-0.1, -0.05) is 32.9 Å². The van der Waals surface area contributed by atoms with Crippen molar-refractivity contribution in [2.75, 3.05) is 26.2 Å². The Morgan fingerprint density at radius 3 is 2.50 bits per heavy atom. The van der Waals surface area contributed by atoms with Crippen LogP contribution in [-0.4, -0.2) is 48.4 Å². The van der Waals surface area contributed by atoms with Gasteiger partial charge in [-0.05, 0) is 48.1 Å². The summed E-state index contributed by atoms with van der Waals surface area (Å²) < 4.78 is 11.2. The number of furan rings is 1. The van der Waals surface area contributed by atoms with Crippen LogP contribution < -0.4 is 10.1 Å². The number of benzene rings is 1. The number of rotatable bonds is 8. The summed E-state index contributed by atoms with van der Waals surface area (Å²) in [6.45, 7) is 10.4.